The molecule has 3 aromatic carbocycles. The van der Waals surface area contributed by atoms with Crippen molar-refractivity contribution in [2.24, 2.45) is 0 Å². The number of hydrogen-bond acceptors (Lipinski definition) is 5. The van der Waals surface area contributed by atoms with Crippen molar-refractivity contribution in [2.45, 2.75) is 19.4 Å². The average molecular weight is 475 g/mol. The molecule has 0 bridgehead atoms. The molecule has 1 heterocycles. The van der Waals surface area contributed by atoms with E-state index in [1.54, 1.807) is 19.1 Å². The summed E-state index contributed by atoms with van der Waals surface area (Å²) in [6.45, 7) is 1.18. The lowest BCUT2D eigenvalue weighted by Gasteiger charge is -2.26. The molecule has 1 aliphatic heterocycles. The van der Waals surface area contributed by atoms with Gasteiger partial charge in [-0.05, 0) is 42.6 Å². The first-order chi connectivity index (χ1) is 16.9. The fourth-order valence-corrected chi connectivity index (χ4v) is 3.82. The van der Waals surface area contributed by atoms with E-state index >= 15 is 0 Å². The molecule has 0 saturated carbocycles. The van der Waals surface area contributed by atoms with Gasteiger partial charge in [-0.2, -0.15) is 0 Å². The number of ether oxygens (including phenoxy) is 1. The number of fused-ring (bicyclic) bond motifs is 1. The van der Waals surface area contributed by atoms with Crippen molar-refractivity contribution in [2.75, 3.05) is 11.5 Å². The summed E-state index contributed by atoms with van der Waals surface area (Å²) in [5.74, 6) is -2.69. The number of hydrazine groups is 1. The minimum Gasteiger partial charge on any atom is -0.483 e. The van der Waals surface area contributed by atoms with Crippen LogP contribution in [-0.4, -0.2) is 41.3 Å². The molecular formula is C26H22FN3O5. The smallest absolute Gasteiger partial charge is 0.276 e. The lowest BCUT2D eigenvalue weighted by Crippen LogP contribution is -2.55. The Morgan fingerprint density at radius 2 is 1.80 bits per heavy atom. The predicted molar refractivity (Wildman–Crippen MR) is 127 cm³/mol. The molecule has 1 atom stereocenters. The number of allylic oxidation sites excluding steroid dienone is 1. The quantitative estimate of drug-likeness (QED) is 0.336. The van der Waals surface area contributed by atoms with Gasteiger partial charge in [0, 0.05) is 11.5 Å². The van der Waals surface area contributed by atoms with Crippen molar-refractivity contribution in [1.82, 2.24) is 10.4 Å². The Kier molecular flexibility index (Phi) is 6.86. The third-order valence-corrected chi connectivity index (χ3v) is 5.42. The monoisotopic (exact) mass is 475 g/mol. The minimum atomic E-state index is -1.27. The molecule has 178 valence electrons. The van der Waals surface area contributed by atoms with E-state index in [9.17, 15) is 23.6 Å². The number of rotatable bonds is 6. The Morgan fingerprint density at radius 1 is 1.09 bits per heavy atom. The normalized spacial score (nSPS) is 15.6. The van der Waals surface area contributed by atoms with Gasteiger partial charge >= 0.3 is 0 Å². The number of carbonyl (C=O) groups is 4. The van der Waals surface area contributed by atoms with Crippen molar-refractivity contribution in [3.8, 4) is 5.75 Å². The van der Waals surface area contributed by atoms with Crippen LogP contribution in [-0.2, 0) is 19.2 Å². The highest BCUT2D eigenvalue weighted by Gasteiger charge is 2.45. The molecule has 1 fully saturated rings. The van der Waals surface area contributed by atoms with Gasteiger partial charge < -0.3 is 4.74 Å². The number of anilines is 1. The lowest BCUT2D eigenvalue weighted by atomic mass is 10.1. The molecule has 3 aromatic rings. The largest absolute Gasteiger partial charge is 0.483 e. The fourth-order valence-electron chi connectivity index (χ4n) is 3.82. The van der Waals surface area contributed by atoms with Crippen LogP contribution in [0.3, 0.4) is 0 Å². The third kappa shape index (κ3) is 5.03. The van der Waals surface area contributed by atoms with Gasteiger partial charge in [0.15, 0.2) is 6.61 Å². The van der Waals surface area contributed by atoms with E-state index in [2.05, 4.69) is 5.43 Å². The molecule has 4 rings (SSSR count). The molecule has 4 amide bonds. The standard InChI is InChI=1S/C26H22FN3O5/c1-2-6-24(32)30(21-15-25(33)29(26(21)34)19-13-11-18(27)12-14-19)28-23(31)16-35-22-10-5-8-17-7-3-4-9-20(17)22/h2-14,21H,15-16H2,1H3,(H,28,31). The summed E-state index contributed by atoms with van der Waals surface area (Å²) >= 11 is 0. The van der Waals surface area contributed by atoms with Gasteiger partial charge in [0.1, 0.15) is 17.6 Å². The molecule has 9 heteroatoms. The van der Waals surface area contributed by atoms with E-state index in [0.717, 1.165) is 32.8 Å². The SMILES string of the molecule is CC=CC(=O)N(NC(=O)COc1cccc2ccccc12)C1CC(=O)N(c2ccc(F)cc2)C1=O. The third-order valence-electron chi connectivity index (χ3n) is 5.42. The first-order valence-electron chi connectivity index (χ1n) is 10.9. The topological polar surface area (TPSA) is 96.0 Å². The summed E-state index contributed by atoms with van der Waals surface area (Å²) in [6.07, 6.45) is 2.28. The zero-order chi connectivity index (χ0) is 24.9. The molecule has 1 unspecified atom stereocenters. The van der Waals surface area contributed by atoms with Crippen LogP contribution in [0.15, 0.2) is 78.9 Å². The summed E-state index contributed by atoms with van der Waals surface area (Å²) in [6, 6.07) is 16.5. The Hall–Kier alpha value is -4.53. The van der Waals surface area contributed by atoms with Crippen LogP contribution < -0.4 is 15.1 Å². The highest BCUT2D eigenvalue weighted by atomic mass is 19.1. The summed E-state index contributed by atoms with van der Waals surface area (Å²) in [4.78, 5) is 52.0. The number of halogens is 1. The van der Waals surface area contributed by atoms with Crippen LogP contribution in [0.5, 0.6) is 5.75 Å². The van der Waals surface area contributed by atoms with Crippen LogP contribution in [0.25, 0.3) is 10.8 Å². The van der Waals surface area contributed by atoms with E-state index in [4.69, 9.17) is 4.74 Å². The summed E-state index contributed by atoms with van der Waals surface area (Å²) in [7, 11) is 0. The molecule has 35 heavy (non-hydrogen) atoms. The van der Waals surface area contributed by atoms with Crippen LogP contribution in [0.2, 0.25) is 0 Å². The van der Waals surface area contributed by atoms with Gasteiger partial charge in [0.2, 0.25) is 5.91 Å². The maximum absolute atomic E-state index is 13.3. The first kappa shape index (κ1) is 23.6. The second kappa shape index (κ2) is 10.2. The molecule has 8 nitrogen and oxygen atoms in total. The Morgan fingerprint density at radius 3 is 2.54 bits per heavy atom. The fraction of sp³-hybridized carbons (Fsp3) is 0.154. The number of nitrogens with one attached hydrogen (secondary N) is 1. The molecule has 1 N–H and O–H groups in total. The van der Waals surface area contributed by atoms with Crippen molar-refractivity contribution in [1.29, 1.82) is 0 Å². The predicted octanol–water partition coefficient (Wildman–Crippen LogP) is 3.13. The zero-order valence-corrected chi connectivity index (χ0v) is 18.8. The van der Waals surface area contributed by atoms with Gasteiger partial charge in [-0.25, -0.2) is 14.3 Å². The Bertz CT molecular complexity index is 1320. The molecular weight excluding hydrogens is 453 g/mol. The van der Waals surface area contributed by atoms with E-state index in [1.807, 2.05) is 30.3 Å². The molecule has 0 aliphatic carbocycles. The van der Waals surface area contributed by atoms with Crippen LogP contribution >= 0.6 is 0 Å². The maximum atomic E-state index is 13.3. The van der Waals surface area contributed by atoms with E-state index in [-0.39, 0.29) is 12.1 Å². The summed E-state index contributed by atoms with van der Waals surface area (Å²) in [5, 5.41) is 2.58. The van der Waals surface area contributed by atoms with Crippen LogP contribution in [0.1, 0.15) is 13.3 Å². The minimum absolute atomic E-state index is 0.174. The first-order valence-corrected chi connectivity index (χ1v) is 10.9. The maximum Gasteiger partial charge on any atom is 0.276 e. The highest BCUT2D eigenvalue weighted by molar-refractivity contribution is 6.23. The van der Waals surface area contributed by atoms with Gasteiger partial charge in [-0.15, -0.1) is 0 Å². The number of nitrogens with zero attached hydrogens (tertiary/aromatic N) is 2. The number of carbonyl (C=O) groups excluding carboxylic acids is 4. The molecule has 0 radical (unpaired) electrons. The Balaban J connectivity index is 1.50. The Labute approximate surface area is 200 Å². The van der Waals surface area contributed by atoms with Crippen molar-refractivity contribution < 1.29 is 28.3 Å². The average Bonchev–Trinajstić information content (AvgIpc) is 3.15. The highest BCUT2D eigenvalue weighted by Crippen LogP contribution is 2.26. The molecule has 1 saturated heterocycles. The second-order valence-electron chi connectivity index (χ2n) is 7.77. The van der Waals surface area contributed by atoms with Gasteiger partial charge in [-0.1, -0.05) is 42.5 Å². The molecule has 0 aromatic heterocycles. The van der Waals surface area contributed by atoms with E-state index in [0.29, 0.717) is 5.75 Å². The van der Waals surface area contributed by atoms with Crippen LogP contribution in [0.4, 0.5) is 10.1 Å². The number of benzene rings is 3. The molecule has 1 aliphatic rings. The van der Waals surface area contributed by atoms with E-state index < -0.39 is 42.1 Å². The lowest BCUT2D eigenvalue weighted by molar-refractivity contribution is -0.144. The van der Waals surface area contributed by atoms with Crippen molar-refractivity contribution in [3.05, 3.63) is 84.7 Å². The zero-order valence-electron chi connectivity index (χ0n) is 18.8. The van der Waals surface area contributed by atoms with Gasteiger partial charge in [0.05, 0.1) is 12.1 Å². The second-order valence-corrected chi connectivity index (χ2v) is 7.77. The van der Waals surface area contributed by atoms with Gasteiger partial charge in [-0.3, -0.25) is 24.6 Å². The summed E-state index contributed by atoms with van der Waals surface area (Å²) < 4.78 is 18.9. The summed E-state index contributed by atoms with van der Waals surface area (Å²) in [5.41, 5.74) is 2.58. The van der Waals surface area contributed by atoms with Crippen molar-refractivity contribution in [3.63, 3.8) is 0 Å². The van der Waals surface area contributed by atoms with Crippen molar-refractivity contribution >= 4 is 40.1 Å². The number of imide groups is 1. The van der Waals surface area contributed by atoms with Crippen LogP contribution in [0, 0.1) is 5.82 Å². The molecule has 0 spiro atoms. The number of hydrogen-bond donors (Lipinski definition) is 1. The number of amides is 4. The van der Waals surface area contributed by atoms with E-state index in [1.165, 1.54) is 24.3 Å². The van der Waals surface area contributed by atoms with Gasteiger partial charge in [0.25, 0.3) is 17.7 Å².